The van der Waals surface area contributed by atoms with E-state index in [1.807, 2.05) is 48.5 Å². The minimum atomic E-state index is -4.08. The zero-order valence-corrected chi connectivity index (χ0v) is 50.5. The van der Waals surface area contributed by atoms with Crippen LogP contribution in [0, 0.1) is 23.7 Å². The quantitative estimate of drug-likeness (QED) is 0.0594. The third kappa shape index (κ3) is 16.5. The highest BCUT2D eigenvalue weighted by Gasteiger charge is 2.46. The highest BCUT2D eigenvalue weighted by Crippen LogP contribution is 2.33. The van der Waals surface area contributed by atoms with Crippen LogP contribution in [0.15, 0.2) is 119 Å². The number of likely N-dealkylation sites (tertiary alicyclic amines) is 2. The van der Waals surface area contributed by atoms with Gasteiger partial charge in [-0.1, -0.05) is 96.8 Å². The van der Waals surface area contributed by atoms with Gasteiger partial charge in [-0.05, 0) is 138 Å². The molecule has 450 valence electrons. The third-order valence-corrected chi connectivity index (χ3v) is 18.7. The lowest BCUT2D eigenvalue weighted by molar-refractivity contribution is -0.141. The van der Waals surface area contributed by atoms with Gasteiger partial charge in [0.15, 0.2) is 0 Å². The molecule has 0 radical (unpaired) electrons. The first-order valence-electron chi connectivity index (χ1n) is 27.8. The summed E-state index contributed by atoms with van der Waals surface area (Å²) in [5.74, 6) is 7.68. The summed E-state index contributed by atoms with van der Waals surface area (Å²) >= 11 is 0. The molecular weight excluding hydrogens is 1160 g/mol. The summed E-state index contributed by atoms with van der Waals surface area (Å²) in [4.78, 5) is 88.1. The lowest BCUT2D eigenvalue weighted by atomic mass is 9.87. The summed E-state index contributed by atoms with van der Waals surface area (Å²) in [5.41, 5.74) is 4.14. The molecule has 0 spiro atoms. The topological polar surface area (TPSA) is 273 Å². The van der Waals surface area contributed by atoms with Crippen LogP contribution in [0.3, 0.4) is 0 Å². The van der Waals surface area contributed by atoms with E-state index in [-0.39, 0.29) is 85.5 Å². The molecule has 4 aromatic carbocycles. The SMILES string of the molecule is CN[C@@H](C)C(=O)N[C@@H](CC#CC#CC[C@H](NC(=O)[C@H](C)NC)C(=O)N1C[C@@H](NS(=O)(=O)c2ccccc2)C[C@H]1C(=O)N[C@@H]1CCCc2ccccc21)C(=O)N1C[C@@H](NS(=O)(=O)c2ccccc2)C[C@H]1C(=O)N[C@@H]1CCCc2ccccc21.Cl.Cl. The standard InChI is InChI=1S/C60H72N10O10S2.2ClH/c1-39(61-3)55(71)65-51(59(75)69-37-43(67-81(77,78)45-25-9-7-10-26-45)35-53(69)57(73)63-49-33-19-23-41-21-15-17-29-47(41)49)31-13-5-6-14-32-52(66-56(72)40(2)62-4)60(76)70-38-44(68-82(79,80)46-27-11-8-12-28-46)36-54(70)58(74)64-50-34-20-24-42-22-16-18-30-48(42)50;;/h7-12,15-18,21-22,25-30,39-40,43-44,49-54,61-62,67-68H,19-20,23-24,31-38H2,1-4H3,(H,63,73)(H,64,74)(H,65,71)(H,66,72);2*1H/t39-,40-,43-,44-,49+,50+,51-,52-,53-,54-;;/m0../s1. The summed E-state index contributed by atoms with van der Waals surface area (Å²) in [6.07, 6.45) is 3.95. The monoisotopic (exact) mass is 1230 g/mol. The molecule has 10 atom stereocenters. The Labute approximate surface area is 504 Å². The molecule has 4 aliphatic rings. The van der Waals surface area contributed by atoms with Crippen LogP contribution in [0.5, 0.6) is 0 Å². The number of benzene rings is 4. The number of hydrogen-bond acceptors (Lipinski definition) is 12. The van der Waals surface area contributed by atoms with Crippen molar-refractivity contribution in [1.82, 2.24) is 51.1 Å². The lowest BCUT2D eigenvalue weighted by Gasteiger charge is -2.31. The first-order chi connectivity index (χ1) is 39.4. The van der Waals surface area contributed by atoms with Gasteiger partial charge in [-0.15, -0.1) is 24.8 Å². The molecule has 2 saturated heterocycles. The van der Waals surface area contributed by atoms with Crippen LogP contribution >= 0.6 is 24.8 Å². The van der Waals surface area contributed by atoms with Crippen LogP contribution in [0.1, 0.15) is 99.6 Å². The van der Waals surface area contributed by atoms with E-state index in [1.165, 1.54) is 34.1 Å². The summed E-state index contributed by atoms with van der Waals surface area (Å²) in [5, 5.41) is 17.5. The summed E-state index contributed by atoms with van der Waals surface area (Å²) in [7, 11) is -5.02. The number of nitrogens with one attached hydrogen (secondary N) is 8. The van der Waals surface area contributed by atoms with E-state index < -0.39 is 104 Å². The van der Waals surface area contributed by atoms with Gasteiger partial charge in [0.05, 0.1) is 34.0 Å². The van der Waals surface area contributed by atoms with Gasteiger partial charge in [-0.25, -0.2) is 26.3 Å². The van der Waals surface area contributed by atoms with Crippen molar-refractivity contribution in [2.45, 2.75) is 148 Å². The fourth-order valence-corrected chi connectivity index (χ4v) is 13.5. The number of halogens is 2. The number of hydrogen-bond donors (Lipinski definition) is 8. The summed E-state index contributed by atoms with van der Waals surface area (Å²) in [6, 6.07) is 22.2. The fourth-order valence-electron chi connectivity index (χ4n) is 11.0. The third-order valence-electron chi connectivity index (χ3n) is 15.6. The number of carbonyl (C=O) groups is 6. The maximum Gasteiger partial charge on any atom is 0.246 e. The number of aryl methyl sites for hydroxylation is 2. The van der Waals surface area contributed by atoms with Crippen molar-refractivity contribution >= 4 is 80.3 Å². The first-order valence-corrected chi connectivity index (χ1v) is 30.8. The largest absolute Gasteiger partial charge is 0.347 e. The van der Waals surface area contributed by atoms with Crippen LogP contribution in [-0.2, 0) is 61.7 Å². The average Bonchev–Trinajstić information content (AvgIpc) is 4.12. The number of amides is 6. The Balaban J connectivity index is 0.00000566. The minimum Gasteiger partial charge on any atom is -0.347 e. The Morgan fingerprint density at radius 2 is 0.893 bits per heavy atom. The second-order valence-corrected chi connectivity index (χ2v) is 24.6. The summed E-state index contributed by atoms with van der Waals surface area (Å²) < 4.78 is 59.8. The molecule has 20 nitrogen and oxygen atoms in total. The van der Waals surface area contributed by atoms with Crippen molar-refractivity contribution in [3.05, 3.63) is 131 Å². The molecule has 24 heteroatoms. The van der Waals surface area contributed by atoms with E-state index in [0.717, 1.165) is 47.9 Å². The number of nitrogens with zero attached hydrogens (tertiary/aromatic N) is 2. The Bertz CT molecular complexity index is 3140. The maximum atomic E-state index is 14.9. The second kappa shape index (κ2) is 30.3. The van der Waals surface area contributed by atoms with Crippen LogP contribution in [0.2, 0.25) is 0 Å². The van der Waals surface area contributed by atoms with Gasteiger partial charge in [-0.3, -0.25) is 28.8 Å². The van der Waals surface area contributed by atoms with Crippen molar-refractivity contribution in [2.75, 3.05) is 27.2 Å². The van der Waals surface area contributed by atoms with Crippen LogP contribution < -0.4 is 41.3 Å². The highest BCUT2D eigenvalue weighted by atomic mass is 35.5. The van der Waals surface area contributed by atoms with Gasteiger partial charge < -0.3 is 41.7 Å². The molecule has 8 N–H and O–H groups in total. The van der Waals surface area contributed by atoms with Crippen molar-refractivity contribution in [3.8, 4) is 23.7 Å². The Morgan fingerprint density at radius 3 is 1.26 bits per heavy atom. The van der Waals surface area contributed by atoms with E-state index in [9.17, 15) is 45.6 Å². The predicted octanol–water partition coefficient (Wildman–Crippen LogP) is 3.09. The zero-order chi connectivity index (χ0) is 58.6. The molecule has 4 aromatic rings. The molecule has 2 aliphatic heterocycles. The van der Waals surface area contributed by atoms with E-state index in [0.29, 0.717) is 12.8 Å². The molecule has 2 heterocycles. The molecule has 0 bridgehead atoms. The number of likely N-dealkylation sites (N-methyl/N-ethyl adjacent to an activating group) is 2. The second-order valence-electron chi connectivity index (χ2n) is 21.2. The van der Waals surface area contributed by atoms with Gasteiger partial charge in [0, 0.05) is 38.0 Å². The number of fused-ring (bicyclic) bond motifs is 2. The number of rotatable bonds is 20. The van der Waals surface area contributed by atoms with E-state index in [4.69, 9.17) is 0 Å². The van der Waals surface area contributed by atoms with Gasteiger partial charge in [0.2, 0.25) is 55.5 Å². The van der Waals surface area contributed by atoms with Crippen LogP contribution in [0.25, 0.3) is 0 Å². The molecule has 2 aliphatic carbocycles. The van der Waals surface area contributed by atoms with Gasteiger partial charge in [-0.2, -0.15) is 0 Å². The maximum absolute atomic E-state index is 14.9. The van der Waals surface area contributed by atoms with E-state index in [2.05, 4.69) is 65.0 Å². The van der Waals surface area contributed by atoms with Crippen molar-refractivity contribution in [3.63, 3.8) is 0 Å². The smallest absolute Gasteiger partial charge is 0.246 e. The Hall–Kier alpha value is -6.86. The molecule has 0 saturated carbocycles. The molecular formula is C60H74Cl2N10O10S2. The van der Waals surface area contributed by atoms with Gasteiger partial charge in [0.25, 0.3) is 0 Å². The lowest BCUT2D eigenvalue weighted by Crippen LogP contribution is -2.55. The average molecular weight is 1230 g/mol. The molecule has 2 fully saturated rings. The molecule has 8 rings (SSSR count). The molecule has 84 heavy (non-hydrogen) atoms. The van der Waals surface area contributed by atoms with Crippen molar-refractivity contribution in [2.24, 2.45) is 0 Å². The van der Waals surface area contributed by atoms with Crippen molar-refractivity contribution < 1.29 is 45.6 Å². The van der Waals surface area contributed by atoms with Crippen molar-refractivity contribution in [1.29, 1.82) is 0 Å². The predicted molar refractivity (Wildman–Crippen MR) is 322 cm³/mol. The Kier molecular flexibility index (Phi) is 23.9. The van der Waals surface area contributed by atoms with Crippen LogP contribution in [-0.4, -0.2) is 138 Å². The highest BCUT2D eigenvalue weighted by molar-refractivity contribution is 7.89. The van der Waals surface area contributed by atoms with Crippen LogP contribution in [0.4, 0.5) is 0 Å². The zero-order valence-electron chi connectivity index (χ0n) is 47.3. The van der Waals surface area contributed by atoms with Gasteiger partial charge >= 0.3 is 0 Å². The van der Waals surface area contributed by atoms with Gasteiger partial charge in [0.1, 0.15) is 24.2 Å². The number of sulfonamides is 2. The minimum absolute atomic E-state index is 0. The first kappa shape index (κ1) is 66.3. The molecule has 0 aromatic heterocycles. The molecule has 6 amide bonds. The molecule has 0 unspecified atom stereocenters. The Morgan fingerprint density at radius 1 is 0.536 bits per heavy atom. The van der Waals surface area contributed by atoms with E-state index >= 15 is 0 Å². The normalized spacial score (nSPS) is 21.2. The number of carbonyl (C=O) groups excluding carboxylic acids is 6. The summed E-state index contributed by atoms with van der Waals surface area (Å²) in [6.45, 7) is 2.79. The van der Waals surface area contributed by atoms with E-state index in [1.54, 1.807) is 64.3 Å². The fraction of sp³-hybridized carbons (Fsp3) is 0.433.